The Bertz CT molecular complexity index is 358. The van der Waals surface area contributed by atoms with Gasteiger partial charge in [0, 0.05) is 16.7 Å². The Kier molecular flexibility index (Phi) is 5.14. The standard InChI is InChI=1S/C15H21NS/c1-16-15(13-8-4-2-5-9-13)12-17-14-10-6-3-7-11-14/h3,6-8,10-11,15-16H,2,4-5,9,12H2,1H3. The largest absolute Gasteiger partial charge is 0.313 e. The van der Waals surface area contributed by atoms with Crippen molar-refractivity contribution in [2.24, 2.45) is 0 Å². The number of nitrogens with one attached hydrogen (secondary N) is 1. The summed E-state index contributed by atoms with van der Waals surface area (Å²) in [6.45, 7) is 0. The van der Waals surface area contributed by atoms with Crippen molar-refractivity contribution in [1.82, 2.24) is 5.32 Å². The van der Waals surface area contributed by atoms with E-state index in [0.717, 1.165) is 5.75 Å². The molecule has 0 radical (unpaired) electrons. The number of hydrogen-bond acceptors (Lipinski definition) is 2. The lowest BCUT2D eigenvalue weighted by Gasteiger charge is -2.22. The highest BCUT2D eigenvalue weighted by Crippen LogP contribution is 2.25. The molecule has 0 saturated heterocycles. The van der Waals surface area contributed by atoms with Crippen LogP contribution in [0.5, 0.6) is 0 Å². The monoisotopic (exact) mass is 247 g/mol. The van der Waals surface area contributed by atoms with Crippen molar-refractivity contribution < 1.29 is 0 Å². The van der Waals surface area contributed by atoms with Gasteiger partial charge in [-0.2, -0.15) is 0 Å². The van der Waals surface area contributed by atoms with E-state index in [9.17, 15) is 0 Å². The second-order valence-electron chi connectivity index (χ2n) is 4.49. The molecule has 0 amide bonds. The van der Waals surface area contributed by atoms with E-state index in [2.05, 4.69) is 48.8 Å². The highest BCUT2D eigenvalue weighted by molar-refractivity contribution is 7.99. The van der Waals surface area contributed by atoms with Crippen molar-refractivity contribution in [2.75, 3.05) is 12.8 Å². The summed E-state index contributed by atoms with van der Waals surface area (Å²) >= 11 is 1.94. The SMILES string of the molecule is CNC(CSc1ccccc1)C1=CCCCC1. The summed E-state index contributed by atoms with van der Waals surface area (Å²) in [5, 5.41) is 3.45. The second-order valence-corrected chi connectivity index (χ2v) is 5.58. The summed E-state index contributed by atoms with van der Waals surface area (Å²) in [5.74, 6) is 1.13. The second kappa shape index (κ2) is 6.87. The summed E-state index contributed by atoms with van der Waals surface area (Å²) < 4.78 is 0. The first-order valence-electron chi connectivity index (χ1n) is 6.44. The molecule has 92 valence electrons. The summed E-state index contributed by atoms with van der Waals surface area (Å²) in [6, 6.07) is 11.2. The first kappa shape index (κ1) is 12.7. The molecule has 1 aromatic carbocycles. The summed E-state index contributed by atoms with van der Waals surface area (Å²) in [7, 11) is 2.08. The third-order valence-corrected chi connectivity index (χ3v) is 4.39. The van der Waals surface area contributed by atoms with Gasteiger partial charge in [0.25, 0.3) is 0 Å². The molecule has 1 aliphatic rings. The van der Waals surface area contributed by atoms with E-state index in [1.54, 1.807) is 5.57 Å². The average Bonchev–Trinajstić information content (AvgIpc) is 2.42. The lowest BCUT2D eigenvalue weighted by molar-refractivity contribution is 0.608. The third-order valence-electron chi connectivity index (χ3n) is 3.28. The van der Waals surface area contributed by atoms with Crippen molar-refractivity contribution in [1.29, 1.82) is 0 Å². The summed E-state index contributed by atoms with van der Waals surface area (Å²) in [5.41, 5.74) is 1.61. The van der Waals surface area contributed by atoms with Gasteiger partial charge in [0.15, 0.2) is 0 Å². The highest BCUT2D eigenvalue weighted by atomic mass is 32.2. The topological polar surface area (TPSA) is 12.0 Å². The Morgan fingerprint density at radius 1 is 1.24 bits per heavy atom. The molecule has 0 spiro atoms. The van der Waals surface area contributed by atoms with E-state index in [4.69, 9.17) is 0 Å². The van der Waals surface area contributed by atoms with E-state index in [1.165, 1.54) is 30.6 Å². The molecule has 1 unspecified atom stereocenters. The third kappa shape index (κ3) is 3.90. The first-order chi connectivity index (χ1) is 8.40. The molecule has 0 aromatic heterocycles. The Morgan fingerprint density at radius 2 is 2.06 bits per heavy atom. The van der Waals surface area contributed by atoms with Gasteiger partial charge in [-0.25, -0.2) is 0 Å². The maximum atomic E-state index is 3.45. The van der Waals surface area contributed by atoms with Gasteiger partial charge in [-0.05, 0) is 44.9 Å². The zero-order chi connectivity index (χ0) is 11.9. The average molecular weight is 247 g/mol. The van der Waals surface area contributed by atoms with Crippen LogP contribution in [0.3, 0.4) is 0 Å². The zero-order valence-corrected chi connectivity index (χ0v) is 11.3. The Balaban J connectivity index is 1.89. The van der Waals surface area contributed by atoms with Crippen LogP contribution < -0.4 is 5.32 Å². The smallest absolute Gasteiger partial charge is 0.0371 e. The van der Waals surface area contributed by atoms with Gasteiger partial charge in [0.05, 0.1) is 0 Å². The van der Waals surface area contributed by atoms with Crippen LogP contribution in [0.2, 0.25) is 0 Å². The van der Waals surface area contributed by atoms with Crippen molar-refractivity contribution in [3.8, 4) is 0 Å². The van der Waals surface area contributed by atoms with E-state index in [-0.39, 0.29) is 0 Å². The molecule has 0 aliphatic heterocycles. The van der Waals surface area contributed by atoms with Gasteiger partial charge in [-0.15, -0.1) is 11.8 Å². The van der Waals surface area contributed by atoms with E-state index < -0.39 is 0 Å². The lowest BCUT2D eigenvalue weighted by Crippen LogP contribution is -2.30. The molecule has 2 rings (SSSR count). The van der Waals surface area contributed by atoms with Crippen molar-refractivity contribution in [3.05, 3.63) is 42.0 Å². The van der Waals surface area contributed by atoms with Crippen LogP contribution in [0.4, 0.5) is 0 Å². The lowest BCUT2D eigenvalue weighted by atomic mass is 9.95. The van der Waals surface area contributed by atoms with Gasteiger partial charge in [0.2, 0.25) is 0 Å². The van der Waals surface area contributed by atoms with Crippen molar-refractivity contribution in [3.63, 3.8) is 0 Å². The van der Waals surface area contributed by atoms with Crippen LogP contribution in [-0.4, -0.2) is 18.8 Å². The Hall–Kier alpha value is -0.730. The normalized spacial score (nSPS) is 17.6. The first-order valence-corrected chi connectivity index (χ1v) is 7.43. The quantitative estimate of drug-likeness (QED) is 0.626. The molecule has 17 heavy (non-hydrogen) atoms. The van der Waals surface area contributed by atoms with Crippen LogP contribution in [-0.2, 0) is 0 Å². The molecule has 0 heterocycles. The molecular weight excluding hydrogens is 226 g/mol. The van der Waals surface area contributed by atoms with Gasteiger partial charge in [-0.3, -0.25) is 0 Å². The number of thioether (sulfide) groups is 1. The van der Waals surface area contributed by atoms with E-state index >= 15 is 0 Å². The molecule has 1 N–H and O–H groups in total. The maximum absolute atomic E-state index is 3.45. The van der Waals surface area contributed by atoms with E-state index in [1.807, 2.05) is 11.8 Å². The van der Waals surface area contributed by atoms with Gasteiger partial charge in [-0.1, -0.05) is 29.8 Å². The summed E-state index contributed by atoms with van der Waals surface area (Å²) in [4.78, 5) is 1.36. The van der Waals surface area contributed by atoms with Gasteiger partial charge >= 0.3 is 0 Å². The zero-order valence-electron chi connectivity index (χ0n) is 10.5. The minimum Gasteiger partial charge on any atom is -0.313 e. The van der Waals surface area contributed by atoms with Gasteiger partial charge in [0.1, 0.15) is 0 Å². The number of hydrogen-bond donors (Lipinski definition) is 1. The fourth-order valence-electron chi connectivity index (χ4n) is 2.25. The van der Waals surface area contributed by atoms with Crippen molar-refractivity contribution in [2.45, 2.75) is 36.6 Å². The van der Waals surface area contributed by atoms with Crippen LogP contribution >= 0.6 is 11.8 Å². The number of likely N-dealkylation sites (N-methyl/N-ethyl adjacent to an activating group) is 1. The molecule has 1 aromatic rings. The fourth-order valence-corrected chi connectivity index (χ4v) is 3.34. The molecule has 2 heteroatoms. The number of rotatable bonds is 5. The van der Waals surface area contributed by atoms with Crippen LogP contribution in [0.15, 0.2) is 46.9 Å². The highest BCUT2D eigenvalue weighted by Gasteiger charge is 2.14. The number of benzene rings is 1. The minimum absolute atomic E-state index is 0.542. The number of allylic oxidation sites excluding steroid dienone is 1. The van der Waals surface area contributed by atoms with Crippen LogP contribution in [0.1, 0.15) is 25.7 Å². The van der Waals surface area contributed by atoms with E-state index in [0.29, 0.717) is 6.04 Å². The summed E-state index contributed by atoms with van der Waals surface area (Å²) in [6.07, 6.45) is 7.71. The predicted octanol–water partition coefficient (Wildman–Crippen LogP) is 3.87. The fraction of sp³-hybridized carbons (Fsp3) is 0.467. The maximum Gasteiger partial charge on any atom is 0.0371 e. The molecule has 0 fully saturated rings. The van der Waals surface area contributed by atoms with Crippen LogP contribution in [0.25, 0.3) is 0 Å². The van der Waals surface area contributed by atoms with Crippen molar-refractivity contribution >= 4 is 11.8 Å². The van der Waals surface area contributed by atoms with Gasteiger partial charge < -0.3 is 5.32 Å². The molecule has 1 aliphatic carbocycles. The molecule has 0 bridgehead atoms. The molecule has 0 saturated carbocycles. The minimum atomic E-state index is 0.542. The molecule has 1 atom stereocenters. The Labute approximate surface area is 109 Å². The van der Waals surface area contributed by atoms with Crippen LogP contribution in [0, 0.1) is 0 Å². The molecule has 1 nitrogen and oxygen atoms in total. The molecular formula is C15H21NS. The Morgan fingerprint density at radius 3 is 2.71 bits per heavy atom. The predicted molar refractivity (Wildman–Crippen MR) is 76.6 cm³/mol.